The third-order valence-corrected chi connectivity index (χ3v) is 6.64. The molecular weight excluding hydrogens is 376 g/mol. The maximum Gasteiger partial charge on any atom is 0.0721 e. The fourth-order valence-corrected chi connectivity index (χ4v) is 4.61. The number of hydrogen-bond acceptors (Lipinski definition) is 1. The van der Waals surface area contributed by atoms with Gasteiger partial charge in [-0.1, -0.05) is 79.8 Å². The Morgan fingerprint density at radius 2 is 1.48 bits per heavy atom. The zero-order valence-electron chi connectivity index (χ0n) is 19.6. The molecule has 0 bridgehead atoms. The van der Waals surface area contributed by atoms with Crippen LogP contribution in [-0.2, 0) is 24.2 Å². The summed E-state index contributed by atoms with van der Waals surface area (Å²) in [6.07, 6.45) is 18.8. The Kier molecular flexibility index (Phi) is 10.1. The largest absolute Gasteiger partial charge is 0.373 e. The maximum atomic E-state index is 5.66. The molecule has 3 rings (SSSR count). The summed E-state index contributed by atoms with van der Waals surface area (Å²) < 4.78 is 5.66. The van der Waals surface area contributed by atoms with Crippen molar-refractivity contribution in [3.05, 3.63) is 95.1 Å². The van der Waals surface area contributed by atoms with Gasteiger partial charge in [0.05, 0.1) is 13.2 Å². The molecule has 1 fully saturated rings. The van der Waals surface area contributed by atoms with Crippen LogP contribution in [0.3, 0.4) is 0 Å². The van der Waals surface area contributed by atoms with Crippen LogP contribution in [0.4, 0.5) is 0 Å². The Hall–Kier alpha value is -2.12. The molecule has 0 spiro atoms. The van der Waals surface area contributed by atoms with Crippen molar-refractivity contribution >= 4 is 0 Å². The van der Waals surface area contributed by atoms with Crippen LogP contribution in [0.2, 0.25) is 0 Å². The predicted octanol–water partition coefficient (Wildman–Crippen LogP) is 8.19. The highest BCUT2D eigenvalue weighted by Gasteiger charge is 2.22. The SMILES string of the molecule is CC=CCOCc1ccc([C@H]2CC[C@H](CCc3ccc(CC=CCC)cc3)CC2)cc1. The standard InChI is InChI=1S/C30H40O/c1-3-5-7-8-25-9-11-26(12-10-25)13-14-27-15-19-29(20-16-27)30-21-17-28(18-22-30)24-31-23-6-4-2/h4-7,9-12,17-18,21-22,27,29H,3,8,13-16,19-20,23-24H2,1-2H3/t27-,29-. The average molecular weight is 417 g/mol. The fourth-order valence-electron chi connectivity index (χ4n) is 4.61. The Morgan fingerprint density at radius 3 is 2.16 bits per heavy atom. The molecule has 31 heavy (non-hydrogen) atoms. The lowest BCUT2D eigenvalue weighted by Gasteiger charge is -2.29. The van der Waals surface area contributed by atoms with E-state index in [4.69, 9.17) is 4.74 Å². The molecule has 0 heterocycles. The second-order valence-corrected chi connectivity index (χ2v) is 8.98. The van der Waals surface area contributed by atoms with E-state index in [0.717, 1.165) is 24.7 Å². The minimum atomic E-state index is 0.697. The molecule has 0 N–H and O–H groups in total. The minimum Gasteiger partial charge on any atom is -0.373 e. The molecule has 0 aromatic heterocycles. The smallest absolute Gasteiger partial charge is 0.0721 e. The third-order valence-electron chi connectivity index (χ3n) is 6.64. The molecule has 0 amide bonds. The van der Waals surface area contributed by atoms with Crippen molar-refractivity contribution < 1.29 is 4.74 Å². The van der Waals surface area contributed by atoms with Crippen molar-refractivity contribution in [1.82, 2.24) is 0 Å². The molecule has 2 aromatic rings. The highest BCUT2D eigenvalue weighted by atomic mass is 16.5. The molecule has 0 saturated heterocycles. The van der Waals surface area contributed by atoms with Crippen LogP contribution < -0.4 is 0 Å². The van der Waals surface area contributed by atoms with E-state index in [1.165, 1.54) is 60.8 Å². The van der Waals surface area contributed by atoms with Gasteiger partial charge in [-0.2, -0.15) is 0 Å². The van der Waals surface area contributed by atoms with Crippen LogP contribution in [-0.4, -0.2) is 6.61 Å². The van der Waals surface area contributed by atoms with Crippen LogP contribution >= 0.6 is 0 Å². The Bertz CT molecular complexity index is 789. The van der Waals surface area contributed by atoms with Crippen molar-refractivity contribution in [3.63, 3.8) is 0 Å². The van der Waals surface area contributed by atoms with E-state index in [1.807, 2.05) is 19.1 Å². The first-order valence-electron chi connectivity index (χ1n) is 12.3. The van der Waals surface area contributed by atoms with Gasteiger partial charge in [0.2, 0.25) is 0 Å². The second-order valence-electron chi connectivity index (χ2n) is 8.98. The normalized spacial score (nSPS) is 19.4. The summed E-state index contributed by atoms with van der Waals surface area (Å²) in [5.41, 5.74) is 5.71. The monoisotopic (exact) mass is 416 g/mol. The molecule has 1 heteroatoms. The Labute approximate surface area is 190 Å². The first-order chi connectivity index (χ1) is 15.3. The van der Waals surface area contributed by atoms with E-state index >= 15 is 0 Å². The molecule has 1 aliphatic carbocycles. The van der Waals surface area contributed by atoms with E-state index in [9.17, 15) is 0 Å². The molecule has 1 saturated carbocycles. The summed E-state index contributed by atoms with van der Waals surface area (Å²) in [6, 6.07) is 18.4. The molecule has 166 valence electrons. The number of benzene rings is 2. The molecule has 0 atom stereocenters. The molecular formula is C30H40O. The zero-order chi connectivity index (χ0) is 21.7. The summed E-state index contributed by atoms with van der Waals surface area (Å²) in [5.74, 6) is 1.63. The van der Waals surface area contributed by atoms with Crippen LogP contribution in [0.15, 0.2) is 72.8 Å². The van der Waals surface area contributed by atoms with Gasteiger partial charge in [0, 0.05) is 0 Å². The van der Waals surface area contributed by atoms with Crippen molar-refractivity contribution in [3.8, 4) is 0 Å². The van der Waals surface area contributed by atoms with Crippen molar-refractivity contribution in [1.29, 1.82) is 0 Å². The van der Waals surface area contributed by atoms with Crippen molar-refractivity contribution in [2.45, 2.75) is 77.7 Å². The molecule has 0 aliphatic heterocycles. The number of hydrogen-bond donors (Lipinski definition) is 0. The lowest BCUT2D eigenvalue weighted by atomic mass is 9.77. The molecule has 2 aromatic carbocycles. The van der Waals surface area contributed by atoms with Gasteiger partial charge in [0.1, 0.15) is 0 Å². The quantitative estimate of drug-likeness (QED) is 0.265. The number of rotatable bonds is 11. The van der Waals surface area contributed by atoms with Gasteiger partial charge in [0.15, 0.2) is 0 Å². The summed E-state index contributed by atoms with van der Waals surface area (Å²) in [7, 11) is 0. The molecule has 1 nitrogen and oxygen atoms in total. The average Bonchev–Trinajstić information content (AvgIpc) is 2.82. The van der Waals surface area contributed by atoms with Gasteiger partial charge in [-0.3, -0.25) is 0 Å². The van der Waals surface area contributed by atoms with Crippen LogP contribution in [0, 0.1) is 5.92 Å². The van der Waals surface area contributed by atoms with Gasteiger partial charge >= 0.3 is 0 Å². The number of ether oxygens (including phenoxy) is 1. The maximum absolute atomic E-state index is 5.66. The van der Waals surface area contributed by atoms with Gasteiger partial charge in [-0.15, -0.1) is 0 Å². The van der Waals surface area contributed by atoms with Crippen molar-refractivity contribution in [2.24, 2.45) is 5.92 Å². The minimum absolute atomic E-state index is 0.697. The van der Waals surface area contributed by atoms with E-state index in [-0.39, 0.29) is 0 Å². The van der Waals surface area contributed by atoms with Crippen LogP contribution in [0.25, 0.3) is 0 Å². The number of allylic oxidation sites excluding steroid dienone is 3. The highest BCUT2D eigenvalue weighted by molar-refractivity contribution is 5.26. The van der Waals surface area contributed by atoms with Gasteiger partial charge < -0.3 is 4.74 Å². The van der Waals surface area contributed by atoms with E-state index in [1.54, 1.807) is 0 Å². The van der Waals surface area contributed by atoms with Crippen LogP contribution in [0.5, 0.6) is 0 Å². The Balaban J connectivity index is 1.38. The molecule has 0 radical (unpaired) electrons. The fraction of sp³-hybridized carbons (Fsp3) is 0.467. The van der Waals surface area contributed by atoms with Gasteiger partial charge in [-0.25, -0.2) is 0 Å². The van der Waals surface area contributed by atoms with Crippen LogP contribution in [0.1, 0.15) is 80.5 Å². The van der Waals surface area contributed by atoms with Gasteiger partial charge in [0.25, 0.3) is 0 Å². The van der Waals surface area contributed by atoms with E-state index in [2.05, 4.69) is 67.6 Å². The highest BCUT2D eigenvalue weighted by Crippen LogP contribution is 2.37. The summed E-state index contributed by atoms with van der Waals surface area (Å²) in [4.78, 5) is 0. The molecule has 0 unspecified atom stereocenters. The second kappa shape index (κ2) is 13.3. The summed E-state index contributed by atoms with van der Waals surface area (Å²) >= 11 is 0. The predicted molar refractivity (Wildman–Crippen MR) is 134 cm³/mol. The topological polar surface area (TPSA) is 9.23 Å². The lowest BCUT2D eigenvalue weighted by molar-refractivity contribution is 0.148. The molecule has 1 aliphatic rings. The number of aryl methyl sites for hydroxylation is 1. The Morgan fingerprint density at radius 1 is 0.806 bits per heavy atom. The first kappa shape index (κ1) is 23.5. The third kappa shape index (κ3) is 8.15. The zero-order valence-corrected chi connectivity index (χ0v) is 19.6. The van der Waals surface area contributed by atoms with Gasteiger partial charge in [-0.05, 0) is 92.4 Å². The lowest BCUT2D eigenvalue weighted by Crippen LogP contribution is -2.14. The van der Waals surface area contributed by atoms with Crippen molar-refractivity contribution in [2.75, 3.05) is 6.61 Å². The summed E-state index contributed by atoms with van der Waals surface area (Å²) in [6.45, 7) is 5.61. The van der Waals surface area contributed by atoms with E-state index in [0.29, 0.717) is 13.2 Å². The summed E-state index contributed by atoms with van der Waals surface area (Å²) in [5, 5.41) is 0. The first-order valence-corrected chi connectivity index (χ1v) is 12.3. The van der Waals surface area contributed by atoms with E-state index < -0.39 is 0 Å².